The van der Waals surface area contributed by atoms with Crippen molar-refractivity contribution in [2.24, 2.45) is 5.92 Å². The van der Waals surface area contributed by atoms with Crippen LogP contribution in [0.3, 0.4) is 0 Å². The Balaban J connectivity index is 3.16. The lowest BCUT2D eigenvalue weighted by Crippen LogP contribution is -2.25. The van der Waals surface area contributed by atoms with Crippen molar-refractivity contribution in [3.05, 3.63) is 35.9 Å². The van der Waals surface area contributed by atoms with E-state index >= 15 is 0 Å². The molecular weight excluding hydrogens is 344 g/mol. The first-order valence-corrected chi connectivity index (χ1v) is 7.68. The summed E-state index contributed by atoms with van der Waals surface area (Å²) in [5.74, 6) is -1.70. The number of benzene rings is 1. The maximum atomic E-state index is 12.8. The number of esters is 1. The van der Waals surface area contributed by atoms with E-state index in [0.717, 1.165) is 0 Å². The van der Waals surface area contributed by atoms with E-state index in [4.69, 9.17) is 23.7 Å². The number of allylic oxidation sites excluding steroid dienone is 2. The van der Waals surface area contributed by atoms with Crippen molar-refractivity contribution in [1.82, 2.24) is 0 Å². The van der Waals surface area contributed by atoms with Crippen LogP contribution in [0.2, 0.25) is 0 Å². The lowest BCUT2D eigenvalue weighted by molar-refractivity contribution is -0.143. The fourth-order valence-corrected chi connectivity index (χ4v) is 2.08. The van der Waals surface area contributed by atoms with E-state index in [1.165, 1.54) is 45.6 Å². The molecule has 1 atom stereocenters. The topological polar surface area (TPSA) is 97.4 Å². The summed E-state index contributed by atoms with van der Waals surface area (Å²) >= 11 is 0. The van der Waals surface area contributed by atoms with Gasteiger partial charge in [0.1, 0.15) is 23.7 Å². The molecule has 8 nitrogen and oxygen atoms in total. The van der Waals surface area contributed by atoms with E-state index in [0.29, 0.717) is 12.0 Å². The van der Waals surface area contributed by atoms with Crippen molar-refractivity contribution in [3.8, 4) is 11.5 Å². The van der Waals surface area contributed by atoms with Gasteiger partial charge < -0.3 is 23.7 Å². The van der Waals surface area contributed by atoms with Crippen LogP contribution in [0.25, 0.3) is 0 Å². The van der Waals surface area contributed by atoms with Crippen molar-refractivity contribution in [1.29, 1.82) is 0 Å². The number of carbonyl (C=O) groups is 3. The Morgan fingerprint density at radius 1 is 1.08 bits per heavy atom. The van der Waals surface area contributed by atoms with E-state index < -0.39 is 17.7 Å². The molecule has 0 spiro atoms. The Bertz CT molecular complexity index is 638. The zero-order valence-electron chi connectivity index (χ0n) is 14.9. The van der Waals surface area contributed by atoms with E-state index in [9.17, 15) is 14.4 Å². The van der Waals surface area contributed by atoms with E-state index in [1.807, 2.05) is 0 Å². The first-order chi connectivity index (χ1) is 12.6. The molecule has 142 valence electrons. The van der Waals surface area contributed by atoms with Gasteiger partial charge in [-0.3, -0.25) is 14.4 Å². The molecule has 0 N–H and O–H groups in total. The third-order valence-electron chi connectivity index (χ3n) is 3.28. The van der Waals surface area contributed by atoms with E-state index in [2.05, 4.69) is 0 Å². The van der Waals surface area contributed by atoms with Gasteiger partial charge in [0.25, 0.3) is 0 Å². The van der Waals surface area contributed by atoms with Gasteiger partial charge in [0.2, 0.25) is 0 Å². The average Bonchev–Trinajstić information content (AvgIpc) is 2.67. The number of rotatable bonds is 12. The van der Waals surface area contributed by atoms with Crippen LogP contribution in [-0.4, -0.2) is 53.0 Å². The van der Waals surface area contributed by atoms with Gasteiger partial charge in [0.05, 0.1) is 12.7 Å². The maximum absolute atomic E-state index is 12.8. The van der Waals surface area contributed by atoms with Crippen molar-refractivity contribution < 1.29 is 38.1 Å². The summed E-state index contributed by atoms with van der Waals surface area (Å²) in [4.78, 5) is 35.2. The maximum Gasteiger partial charge on any atom is 0.316 e. The minimum absolute atomic E-state index is 0.0237. The molecule has 0 bridgehead atoms. The first kappa shape index (κ1) is 21.3. The van der Waals surface area contributed by atoms with Gasteiger partial charge in [-0.2, -0.15) is 0 Å². The molecule has 26 heavy (non-hydrogen) atoms. The summed E-state index contributed by atoms with van der Waals surface area (Å²) in [6, 6.07) is 4.54. The number of methoxy groups -OCH3 is 3. The largest absolute Gasteiger partial charge is 0.468 e. The Hall–Kier alpha value is -2.71. The highest BCUT2D eigenvalue weighted by Crippen LogP contribution is 2.28. The van der Waals surface area contributed by atoms with Crippen LogP contribution in [0.5, 0.6) is 11.5 Å². The van der Waals surface area contributed by atoms with Crippen molar-refractivity contribution in [3.63, 3.8) is 0 Å². The number of hydrogen-bond acceptors (Lipinski definition) is 8. The van der Waals surface area contributed by atoms with Crippen LogP contribution in [0.15, 0.2) is 30.4 Å². The summed E-state index contributed by atoms with van der Waals surface area (Å²) < 4.78 is 25.1. The second kappa shape index (κ2) is 11.8. The molecule has 1 rings (SSSR count). The number of ketones is 1. The molecule has 0 aliphatic heterocycles. The van der Waals surface area contributed by atoms with E-state index in [-0.39, 0.29) is 31.3 Å². The average molecular weight is 366 g/mol. The van der Waals surface area contributed by atoms with Gasteiger partial charge in [0.15, 0.2) is 19.4 Å². The molecule has 0 saturated carbocycles. The zero-order chi connectivity index (χ0) is 19.4. The molecule has 1 aromatic rings. The second-order valence-electron chi connectivity index (χ2n) is 5.00. The minimum Gasteiger partial charge on any atom is -0.468 e. The van der Waals surface area contributed by atoms with Gasteiger partial charge in [-0.25, -0.2) is 0 Å². The lowest BCUT2D eigenvalue weighted by Gasteiger charge is -2.16. The first-order valence-electron chi connectivity index (χ1n) is 7.68. The van der Waals surface area contributed by atoms with Crippen molar-refractivity contribution >= 4 is 18.0 Å². The van der Waals surface area contributed by atoms with Crippen LogP contribution >= 0.6 is 0 Å². The van der Waals surface area contributed by atoms with Gasteiger partial charge in [0, 0.05) is 20.3 Å². The SMILES string of the molecule is COCOc1ccc(C(=O)C(C/C=C/C=O)C(=O)OC)c(OCOC)c1. The van der Waals surface area contributed by atoms with Gasteiger partial charge in [-0.05, 0) is 24.6 Å². The zero-order valence-corrected chi connectivity index (χ0v) is 14.9. The molecular formula is C18H22O8. The molecule has 0 amide bonds. The normalized spacial score (nSPS) is 11.8. The quantitative estimate of drug-likeness (QED) is 0.138. The molecule has 0 aliphatic rings. The summed E-state index contributed by atoms with van der Waals surface area (Å²) in [5.41, 5.74) is 0.168. The van der Waals surface area contributed by atoms with Crippen molar-refractivity contribution in [2.45, 2.75) is 6.42 Å². The van der Waals surface area contributed by atoms with Gasteiger partial charge in [-0.1, -0.05) is 6.08 Å². The smallest absolute Gasteiger partial charge is 0.316 e. The highest BCUT2D eigenvalue weighted by Gasteiger charge is 2.29. The fourth-order valence-electron chi connectivity index (χ4n) is 2.08. The standard InChI is InChI=1S/C18H22O8/c1-22-11-25-13-7-8-14(16(10-13)26-12-23-2)17(20)15(18(21)24-3)6-4-5-9-19/h4-5,7-10,15H,6,11-12H2,1-3H3/b5-4+. The summed E-state index contributed by atoms with van der Waals surface area (Å²) in [5, 5.41) is 0. The molecule has 1 unspecified atom stereocenters. The second-order valence-corrected chi connectivity index (χ2v) is 5.00. The molecule has 0 radical (unpaired) electrons. The monoisotopic (exact) mass is 366 g/mol. The van der Waals surface area contributed by atoms with Crippen molar-refractivity contribution in [2.75, 3.05) is 34.9 Å². The van der Waals surface area contributed by atoms with Crippen LogP contribution in [0.1, 0.15) is 16.8 Å². The third kappa shape index (κ3) is 6.30. The van der Waals surface area contributed by atoms with Gasteiger partial charge >= 0.3 is 5.97 Å². The Labute approximate surface area is 151 Å². The molecule has 0 fully saturated rings. The lowest BCUT2D eigenvalue weighted by atomic mass is 9.93. The van der Waals surface area contributed by atoms with Gasteiger partial charge in [-0.15, -0.1) is 0 Å². The number of carbonyl (C=O) groups excluding carboxylic acids is 3. The van der Waals surface area contributed by atoms with Crippen LogP contribution in [0.4, 0.5) is 0 Å². The minimum atomic E-state index is -1.10. The Morgan fingerprint density at radius 2 is 1.77 bits per heavy atom. The number of Topliss-reactive ketones (excluding diaryl/α,β-unsaturated/α-hetero) is 1. The Morgan fingerprint density at radius 3 is 2.38 bits per heavy atom. The predicted molar refractivity (Wildman–Crippen MR) is 91.1 cm³/mol. The number of aldehydes is 1. The predicted octanol–water partition coefficient (Wildman–Crippen LogP) is 1.77. The number of hydrogen-bond donors (Lipinski definition) is 0. The summed E-state index contributed by atoms with van der Waals surface area (Å²) in [7, 11) is 4.11. The van der Waals surface area contributed by atoms with Crippen LogP contribution in [-0.2, 0) is 23.8 Å². The van der Waals surface area contributed by atoms with Crippen LogP contribution in [0, 0.1) is 5.92 Å². The molecule has 0 aliphatic carbocycles. The molecule has 1 aromatic carbocycles. The molecule has 0 aromatic heterocycles. The number of ether oxygens (including phenoxy) is 5. The third-order valence-corrected chi connectivity index (χ3v) is 3.28. The highest BCUT2D eigenvalue weighted by atomic mass is 16.7. The fraction of sp³-hybridized carbons (Fsp3) is 0.389. The van der Waals surface area contributed by atoms with Crippen LogP contribution < -0.4 is 9.47 Å². The Kier molecular flexibility index (Phi) is 9.66. The van der Waals surface area contributed by atoms with E-state index in [1.54, 1.807) is 6.07 Å². The molecule has 8 heteroatoms. The molecule has 0 saturated heterocycles. The summed E-state index contributed by atoms with van der Waals surface area (Å²) in [6.07, 6.45) is 3.23. The summed E-state index contributed by atoms with van der Waals surface area (Å²) in [6.45, 7) is -0.0692. The highest BCUT2D eigenvalue weighted by molar-refractivity contribution is 6.10. The molecule has 0 heterocycles.